The normalized spacial score (nSPS) is 24.7. The van der Waals surface area contributed by atoms with Gasteiger partial charge in [-0.25, -0.2) is 8.42 Å². The van der Waals surface area contributed by atoms with Crippen LogP contribution < -0.4 is 9.86 Å². The number of hydrogen-bond acceptors (Lipinski definition) is 7. The van der Waals surface area contributed by atoms with Gasteiger partial charge in [0.2, 0.25) is 10.0 Å². The Kier molecular flexibility index (Phi) is 8.12. The standard InChI is InChI=1S/C22H31N3O4S2/c1-17-18-8-2-3-9-20(18)22(16-27,25-12-5-6-13-25)21(19(17)10-14-26)31(28,29)24-30-15-7-4-11-23/h2-4,7-9,14,21,24,27H,5-6,10-13,15-16,23H2,1H3. The van der Waals surface area contributed by atoms with Gasteiger partial charge in [-0.15, -0.1) is 0 Å². The van der Waals surface area contributed by atoms with Crippen LogP contribution in [0.2, 0.25) is 0 Å². The van der Waals surface area contributed by atoms with Gasteiger partial charge in [0, 0.05) is 18.7 Å². The molecule has 0 aromatic heterocycles. The lowest BCUT2D eigenvalue weighted by Gasteiger charge is -2.50. The minimum Gasteiger partial charge on any atom is -0.394 e. The average Bonchev–Trinajstić information content (AvgIpc) is 3.31. The van der Waals surface area contributed by atoms with Crippen molar-refractivity contribution in [1.29, 1.82) is 0 Å². The summed E-state index contributed by atoms with van der Waals surface area (Å²) in [5.41, 5.74) is 7.32. The number of nitrogens with zero attached hydrogens (tertiary/aromatic N) is 1. The Labute approximate surface area is 189 Å². The third-order valence-electron chi connectivity index (χ3n) is 6.21. The van der Waals surface area contributed by atoms with E-state index in [0.717, 1.165) is 47.8 Å². The third kappa shape index (κ3) is 4.53. The van der Waals surface area contributed by atoms with Crippen LogP contribution in [0.15, 0.2) is 42.0 Å². The Morgan fingerprint density at radius 2 is 2.00 bits per heavy atom. The molecule has 170 valence electrons. The summed E-state index contributed by atoms with van der Waals surface area (Å²) in [7, 11) is -3.95. The number of rotatable bonds is 10. The molecule has 0 amide bonds. The summed E-state index contributed by atoms with van der Waals surface area (Å²) >= 11 is 1.06. The number of nitrogens with two attached hydrogens (primary N) is 1. The number of fused-ring (bicyclic) bond motifs is 1. The molecule has 2 unspecified atom stereocenters. The first-order valence-electron chi connectivity index (χ1n) is 10.5. The number of nitrogens with one attached hydrogen (secondary N) is 1. The van der Waals surface area contributed by atoms with E-state index in [1.54, 1.807) is 12.2 Å². The maximum atomic E-state index is 13.7. The van der Waals surface area contributed by atoms with Crippen LogP contribution in [0.25, 0.3) is 5.57 Å². The molecule has 2 aliphatic rings. The van der Waals surface area contributed by atoms with Gasteiger partial charge in [0.15, 0.2) is 0 Å². The highest BCUT2D eigenvalue weighted by Crippen LogP contribution is 2.49. The lowest BCUT2D eigenvalue weighted by atomic mass is 9.72. The maximum Gasteiger partial charge on any atom is 0.229 e. The minimum absolute atomic E-state index is 0.000915. The fourth-order valence-corrected chi connectivity index (χ4v) is 7.94. The predicted molar refractivity (Wildman–Crippen MR) is 126 cm³/mol. The molecule has 9 heteroatoms. The van der Waals surface area contributed by atoms with E-state index in [4.69, 9.17) is 5.73 Å². The number of likely N-dealkylation sites (tertiary alicyclic amines) is 1. The van der Waals surface area contributed by atoms with Gasteiger partial charge in [0.05, 0.1) is 12.1 Å². The minimum atomic E-state index is -3.95. The van der Waals surface area contributed by atoms with Gasteiger partial charge in [0.1, 0.15) is 11.5 Å². The van der Waals surface area contributed by atoms with Crippen LogP contribution in [0.3, 0.4) is 0 Å². The van der Waals surface area contributed by atoms with E-state index in [9.17, 15) is 18.3 Å². The number of aliphatic hydroxyl groups is 1. The van der Waals surface area contributed by atoms with Crippen molar-refractivity contribution in [2.75, 3.05) is 32.0 Å². The zero-order chi connectivity index (χ0) is 22.5. The molecule has 0 saturated carbocycles. The topological polar surface area (TPSA) is 113 Å². The molecule has 3 rings (SSSR count). The lowest BCUT2D eigenvalue weighted by molar-refractivity contribution is -0.107. The molecular formula is C22H31N3O4S2. The molecule has 0 bridgehead atoms. The number of sulfonamides is 1. The van der Waals surface area contributed by atoms with Crippen molar-refractivity contribution in [3.05, 3.63) is 53.1 Å². The molecule has 1 aliphatic carbocycles. The SMILES string of the molecule is CC1=C(CC=O)C(S(=O)(=O)NSCC=CCN)C(CO)(N2CCCC2)c2ccccc21. The first kappa shape index (κ1) is 24.2. The highest BCUT2D eigenvalue weighted by Gasteiger charge is 2.56. The second kappa shape index (κ2) is 10.4. The van der Waals surface area contributed by atoms with E-state index < -0.39 is 20.8 Å². The summed E-state index contributed by atoms with van der Waals surface area (Å²) in [5, 5.41) is 9.74. The van der Waals surface area contributed by atoms with Crippen LogP contribution in [0.1, 0.15) is 37.3 Å². The van der Waals surface area contributed by atoms with Crippen LogP contribution in [-0.2, 0) is 20.4 Å². The van der Waals surface area contributed by atoms with Crippen molar-refractivity contribution >= 4 is 33.8 Å². The fourth-order valence-electron chi connectivity index (χ4n) is 4.88. The number of benzene rings is 1. The second-order valence-electron chi connectivity index (χ2n) is 7.87. The number of aldehydes is 1. The Hall–Kier alpha value is -1.49. The van der Waals surface area contributed by atoms with Crippen molar-refractivity contribution in [2.24, 2.45) is 5.73 Å². The second-order valence-corrected chi connectivity index (χ2v) is 10.7. The third-order valence-corrected chi connectivity index (χ3v) is 9.27. The molecule has 1 aromatic rings. The molecule has 1 fully saturated rings. The van der Waals surface area contributed by atoms with Crippen molar-refractivity contribution in [2.45, 2.75) is 37.0 Å². The summed E-state index contributed by atoms with van der Waals surface area (Å²) in [5.74, 6) is 0.432. The molecule has 1 aliphatic heterocycles. The predicted octanol–water partition coefficient (Wildman–Crippen LogP) is 1.80. The Balaban J connectivity index is 2.17. The molecule has 1 aromatic carbocycles. The van der Waals surface area contributed by atoms with Gasteiger partial charge in [-0.2, -0.15) is 4.13 Å². The van der Waals surface area contributed by atoms with Crippen LogP contribution in [0.5, 0.6) is 0 Å². The van der Waals surface area contributed by atoms with Gasteiger partial charge in [-0.05, 0) is 55.1 Å². The quantitative estimate of drug-likeness (QED) is 0.209. The summed E-state index contributed by atoms with van der Waals surface area (Å²) in [6.45, 7) is 3.29. The van der Waals surface area contributed by atoms with Gasteiger partial charge in [0.25, 0.3) is 0 Å². The van der Waals surface area contributed by atoms with Crippen molar-refractivity contribution in [3.63, 3.8) is 0 Å². The number of carbonyl (C=O) groups is 1. The molecule has 7 nitrogen and oxygen atoms in total. The molecule has 4 N–H and O–H groups in total. The summed E-state index contributed by atoms with van der Waals surface area (Å²) in [6.07, 6.45) is 6.19. The number of allylic oxidation sites excluding steroid dienone is 1. The molecule has 0 radical (unpaired) electrons. The van der Waals surface area contributed by atoms with Crippen LogP contribution >= 0.6 is 11.9 Å². The number of carbonyl (C=O) groups excluding carboxylic acids is 1. The van der Waals surface area contributed by atoms with E-state index >= 15 is 0 Å². The van der Waals surface area contributed by atoms with E-state index in [1.807, 2.05) is 31.2 Å². The molecule has 1 saturated heterocycles. The first-order valence-corrected chi connectivity index (χ1v) is 13.0. The molecular weight excluding hydrogens is 434 g/mol. The average molecular weight is 466 g/mol. The fraction of sp³-hybridized carbons (Fsp3) is 0.500. The summed E-state index contributed by atoms with van der Waals surface area (Å²) in [6, 6.07) is 7.63. The van der Waals surface area contributed by atoms with E-state index in [2.05, 4.69) is 9.03 Å². The van der Waals surface area contributed by atoms with Gasteiger partial charge in [-0.1, -0.05) is 48.4 Å². The van der Waals surface area contributed by atoms with E-state index in [1.165, 1.54) is 0 Å². The summed E-state index contributed by atoms with van der Waals surface area (Å²) in [4.78, 5) is 13.7. The van der Waals surface area contributed by atoms with Crippen LogP contribution in [0.4, 0.5) is 0 Å². The Morgan fingerprint density at radius 1 is 1.29 bits per heavy atom. The highest BCUT2D eigenvalue weighted by molar-refractivity contribution is 8.09. The molecule has 31 heavy (non-hydrogen) atoms. The van der Waals surface area contributed by atoms with E-state index in [0.29, 0.717) is 31.0 Å². The Bertz CT molecular complexity index is 955. The van der Waals surface area contributed by atoms with Gasteiger partial charge >= 0.3 is 0 Å². The zero-order valence-corrected chi connectivity index (χ0v) is 19.4. The van der Waals surface area contributed by atoms with Crippen molar-refractivity contribution < 1.29 is 18.3 Å². The summed E-state index contributed by atoms with van der Waals surface area (Å²) < 4.78 is 30.1. The van der Waals surface area contributed by atoms with Gasteiger partial charge < -0.3 is 15.6 Å². The molecule has 2 atom stereocenters. The first-order chi connectivity index (χ1) is 14.9. The smallest absolute Gasteiger partial charge is 0.229 e. The van der Waals surface area contributed by atoms with Gasteiger partial charge in [-0.3, -0.25) is 4.90 Å². The molecule has 0 spiro atoms. The molecule has 1 heterocycles. The zero-order valence-electron chi connectivity index (χ0n) is 17.8. The van der Waals surface area contributed by atoms with Crippen LogP contribution in [0, 0.1) is 0 Å². The Morgan fingerprint density at radius 3 is 2.65 bits per heavy atom. The largest absolute Gasteiger partial charge is 0.394 e. The van der Waals surface area contributed by atoms with E-state index in [-0.39, 0.29) is 13.0 Å². The van der Waals surface area contributed by atoms with Crippen molar-refractivity contribution in [3.8, 4) is 0 Å². The maximum absolute atomic E-state index is 13.7. The monoisotopic (exact) mass is 465 g/mol. The van der Waals surface area contributed by atoms with Crippen molar-refractivity contribution in [1.82, 2.24) is 9.03 Å². The lowest BCUT2D eigenvalue weighted by Crippen LogP contribution is -2.62. The van der Waals surface area contributed by atoms with Crippen LogP contribution in [-0.4, -0.2) is 62.0 Å². The number of aliphatic hydroxyl groups excluding tert-OH is 1. The highest BCUT2D eigenvalue weighted by atomic mass is 32.3. The number of hydrogen-bond donors (Lipinski definition) is 3.